The fourth-order valence-corrected chi connectivity index (χ4v) is 2.56. The lowest BCUT2D eigenvalue weighted by Gasteiger charge is -2.09. The minimum absolute atomic E-state index is 0.115. The highest BCUT2D eigenvalue weighted by molar-refractivity contribution is 7.85. The molecule has 0 amide bonds. The molecule has 0 heterocycles. The Morgan fingerprint density at radius 3 is 2.63 bits per heavy atom. The van der Waals surface area contributed by atoms with Crippen LogP contribution in [-0.4, -0.2) is 26.7 Å². The molecule has 3 N–H and O–H groups in total. The first-order valence-corrected chi connectivity index (χ1v) is 7.14. The summed E-state index contributed by atoms with van der Waals surface area (Å²) in [5.74, 6) is 0. The maximum atomic E-state index is 11.3. The van der Waals surface area contributed by atoms with Crippen molar-refractivity contribution >= 4 is 26.6 Å². The number of rotatable bonds is 4. The summed E-state index contributed by atoms with van der Waals surface area (Å²) >= 11 is 0. The Labute approximate surface area is 111 Å². The Hall–Kier alpha value is -1.63. The number of methoxy groups -OCH3 is 1. The van der Waals surface area contributed by atoms with E-state index in [1.165, 1.54) is 12.1 Å². The molecule has 0 aliphatic rings. The number of fused-ring (bicyclic) bond motifs is 1. The lowest BCUT2D eigenvalue weighted by Crippen LogP contribution is -2.02. The summed E-state index contributed by atoms with van der Waals surface area (Å²) in [7, 11) is -2.65. The molecule has 0 spiro atoms. The molecule has 2 rings (SSSR count). The van der Waals surface area contributed by atoms with E-state index in [0.717, 1.165) is 16.3 Å². The molecule has 0 fully saturated rings. The van der Waals surface area contributed by atoms with E-state index in [1.54, 1.807) is 25.3 Å². The zero-order chi connectivity index (χ0) is 14.0. The minimum atomic E-state index is -4.22. The van der Waals surface area contributed by atoms with Crippen LogP contribution < -0.4 is 5.73 Å². The van der Waals surface area contributed by atoms with E-state index < -0.39 is 10.1 Å². The molecular formula is C13H15NO4S. The minimum Gasteiger partial charge on any atom is -0.399 e. The zero-order valence-electron chi connectivity index (χ0n) is 10.5. The summed E-state index contributed by atoms with van der Waals surface area (Å²) in [6.07, 6.45) is 0.541. The first-order valence-electron chi connectivity index (χ1n) is 5.70. The van der Waals surface area contributed by atoms with E-state index in [9.17, 15) is 8.42 Å². The Morgan fingerprint density at radius 2 is 2.00 bits per heavy atom. The molecule has 0 saturated carbocycles. The maximum Gasteiger partial charge on any atom is 0.294 e. The van der Waals surface area contributed by atoms with Crippen LogP contribution in [0.1, 0.15) is 5.56 Å². The van der Waals surface area contributed by atoms with Gasteiger partial charge in [-0.3, -0.25) is 4.55 Å². The Kier molecular flexibility index (Phi) is 3.75. The smallest absolute Gasteiger partial charge is 0.294 e. The standard InChI is InChI=1S/C13H15NO4S/c1-18-5-4-10-7-12(19(15,16)17)6-9-2-3-11(14)8-13(9)10/h2-3,6-8H,4-5,14H2,1H3,(H,15,16,17). The normalized spacial score (nSPS) is 11.9. The number of hydrogen-bond acceptors (Lipinski definition) is 4. The van der Waals surface area contributed by atoms with Crippen molar-refractivity contribution < 1.29 is 17.7 Å². The van der Waals surface area contributed by atoms with Crippen molar-refractivity contribution in [1.29, 1.82) is 0 Å². The molecule has 5 nitrogen and oxygen atoms in total. The quantitative estimate of drug-likeness (QED) is 0.659. The molecular weight excluding hydrogens is 266 g/mol. The first kappa shape index (κ1) is 13.8. The van der Waals surface area contributed by atoms with Crippen LogP contribution in [0.2, 0.25) is 0 Å². The molecule has 0 aliphatic heterocycles. The van der Waals surface area contributed by atoms with Gasteiger partial charge in [0.1, 0.15) is 0 Å². The van der Waals surface area contributed by atoms with Crippen LogP contribution >= 0.6 is 0 Å². The predicted octanol–water partition coefficient (Wildman–Crippen LogP) is 1.86. The van der Waals surface area contributed by atoms with Gasteiger partial charge in [-0.2, -0.15) is 8.42 Å². The molecule has 2 aromatic carbocycles. The molecule has 6 heteroatoms. The molecule has 102 valence electrons. The van der Waals surface area contributed by atoms with E-state index >= 15 is 0 Å². The number of nitrogens with two attached hydrogens (primary N) is 1. The van der Waals surface area contributed by atoms with E-state index in [0.29, 0.717) is 18.7 Å². The summed E-state index contributed by atoms with van der Waals surface area (Å²) in [6, 6.07) is 8.09. The largest absolute Gasteiger partial charge is 0.399 e. The topological polar surface area (TPSA) is 89.6 Å². The number of ether oxygens (including phenoxy) is 1. The monoisotopic (exact) mass is 281 g/mol. The van der Waals surface area contributed by atoms with Crippen molar-refractivity contribution in [2.24, 2.45) is 0 Å². The van der Waals surface area contributed by atoms with Crippen LogP contribution in [0.15, 0.2) is 35.2 Å². The average Bonchev–Trinajstić information content (AvgIpc) is 2.34. The summed E-state index contributed by atoms with van der Waals surface area (Å²) in [5, 5.41) is 1.58. The van der Waals surface area contributed by atoms with Crippen molar-refractivity contribution in [3.8, 4) is 0 Å². The average molecular weight is 281 g/mol. The molecule has 0 unspecified atom stereocenters. The molecule has 0 saturated heterocycles. The highest BCUT2D eigenvalue weighted by atomic mass is 32.2. The van der Waals surface area contributed by atoms with Gasteiger partial charge in [0.15, 0.2) is 0 Å². The van der Waals surface area contributed by atoms with Crippen LogP contribution in [0.25, 0.3) is 10.8 Å². The van der Waals surface area contributed by atoms with Gasteiger partial charge in [-0.05, 0) is 47.0 Å². The number of nitrogen functional groups attached to an aromatic ring is 1. The van der Waals surface area contributed by atoms with Crippen molar-refractivity contribution in [3.63, 3.8) is 0 Å². The molecule has 0 bridgehead atoms. The van der Waals surface area contributed by atoms with Gasteiger partial charge < -0.3 is 10.5 Å². The Bertz CT molecular complexity index is 710. The van der Waals surface area contributed by atoms with Crippen LogP contribution in [0.4, 0.5) is 5.69 Å². The zero-order valence-corrected chi connectivity index (χ0v) is 11.3. The molecule has 19 heavy (non-hydrogen) atoms. The van der Waals surface area contributed by atoms with Gasteiger partial charge in [-0.15, -0.1) is 0 Å². The van der Waals surface area contributed by atoms with Crippen molar-refractivity contribution in [3.05, 3.63) is 35.9 Å². The highest BCUT2D eigenvalue weighted by Gasteiger charge is 2.13. The SMILES string of the molecule is COCCc1cc(S(=O)(=O)O)cc2ccc(N)cc12. The lowest BCUT2D eigenvalue weighted by atomic mass is 10.0. The Morgan fingerprint density at radius 1 is 1.26 bits per heavy atom. The van der Waals surface area contributed by atoms with Gasteiger partial charge in [-0.1, -0.05) is 6.07 Å². The second-order valence-electron chi connectivity index (χ2n) is 4.28. The predicted molar refractivity (Wildman–Crippen MR) is 73.8 cm³/mol. The number of benzene rings is 2. The summed E-state index contributed by atoms with van der Waals surface area (Å²) in [6.45, 7) is 0.457. The van der Waals surface area contributed by atoms with Crippen molar-refractivity contribution in [2.45, 2.75) is 11.3 Å². The lowest BCUT2D eigenvalue weighted by molar-refractivity contribution is 0.202. The third-order valence-corrected chi connectivity index (χ3v) is 3.74. The first-order chi connectivity index (χ1) is 8.91. The third-order valence-electron chi connectivity index (χ3n) is 2.91. The second-order valence-corrected chi connectivity index (χ2v) is 5.70. The number of hydrogen-bond donors (Lipinski definition) is 2. The van der Waals surface area contributed by atoms with Gasteiger partial charge in [0.05, 0.1) is 11.5 Å². The molecule has 0 radical (unpaired) electrons. The highest BCUT2D eigenvalue weighted by Crippen LogP contribution is 2.26. The Balaban J connectivity index is 2.69. The van der Waals surface area contributed by atoms with Gasteiger partial charge in [0.25, 0.3) is 10.1 Å². The molecule has 0 atom stereocenters. The molecule has 0 aliphatic carbocycles. The fraction of sp³-hybridized carbons (Fsp3) is 0.231. The van der Waals surface area contributed by atoms with E-state index in [4.69, 9.17) is 15.0 Å². The van der Waals surface area contributed by atoms with Gasteiger partial charge >= 0.3 is 0 Å². The summed E-state index contributed by atoms with van der Waals surface area (Å²) in [5.41, 5.74) is 7.13. The summed E-state index contributed by atoms with van der Waals surface area (Å²) < 4.78 is 36.7. The van der Waals surface area contributed by atoms with E-state index in [2.05, 4.69) is 0 Å². The third kappa shape index (κ3) is 3.04. The van der Waals surface area contributed by atoms with Gasteiger partial charge in [0.2, 0.25) is 0 Å². The fourth-order valence-electron chi connectivity index (χ4n) is 1.99. The second kappa shape index (κ2) is 5.16. The van der Waals surface area contributed by atoms with E-state index in [1.807, 2.05) is 0 Å². The van der Waals surface area contributed by atoms with Crippen LogP contribution in [-0.2, 0) is 21.3 Å². The van der Waals surface area contributed by atoms with Crippen LogP contribution in [0.5, 0.6) is 0 Å². The number of anilines is 1. The van der Waals surface area contributed by atoms with Gasteiger partial charge in [-0.25, -0.2) is 0 Å². The van der Waals surface area contributed by atoms with E-state index in [-0.39, 0.29) is 4.90 Å². The maximum absolute atomic E-state index is 11.3. The van der Waals surface area contributed by atoms with Crippen molar-refractivity contribution in [1.82, 2.24) is 0 Å². The van der Waals surface area contributed by atoms with Crippen molar-refractivity contribution in [2.75, 3.05) is 19.5 Å². The van der Waals surface area contributed by atoms with Crippen LogP contribution in [0.3, 0.4) is 0 Å². The van der Waals surface area contributed by atoms with Crippen LogP contribution in [0, 0.1) is 0 Å². The molecule has 0 aromatic heterocycles. The molecule has 2 aromatic rings. The van der Waals surface area contributed by atoms with Gasteiger partial charge in [0, 0.05) is 12.8 Å². The summed E-state index contributed by atoms with van der Waals surface area (Å²) in [4.78, 5) is -0.115.